The fourth-order valence-corrected chi connectivity index (χ4v) is 4.45. The molecule has 1 N–H and O–H groups in total. The molecule has 0 bridgehead atoms. The standard InChI is InChI=1S/C22H30N2O3S/c1-6-18-12-14-20(15-13-18)24(28(5,26)27)17(2)21(25)23-22(3,4)16-19-10-8-7-9-11-19/h7-15,17H,6,16H2,1-5H3,(H,23,25)/t17-/m0/s1. The Labute approximate surface area is 168 Å². The second kappa shape index (κ2) is 8.78. The van der Waals surface area contributed by atoms with Crippen molar-refractivity contribution >= 4 is 21.6 Å². The highest BCUT2D eigenvalue weighted by Crippen LogP contribution is 2.22. The van der Waals surface area contributed by atoms with Gasteiger partial charge in [0, 0.05) is 5.54 Å². The van der Waals surface area contributed by atoms with Crippen molar-refractivity contribution in [3.8, 4) is 0 Å². The lowest BCUT2D eigenvalue weighted by Gasteiger charge is -2.33. The van der Waals surface area contributed by atoms with Crippen LogP contribution in [-0.2, 0) is 27.7 Å². The first-order valence-corrected chi connectivity index (χ1v) is 11.3. The van der Waals surface area contributed by atoms with Crippen molar-refractivity contribution in [3.63, 3.8) is 0 Å². The molecule has 6 heteroatoms. The van der Waals surface area contributed by atoms with Crippen molar-refractivity contribution in [2.75, 3.05) is 10.6 Å². The molecule has 0 saturated heterocycles. The molecule has 2 aromatic carbocycles. The van der Waals surface area contributed by atoms with Crippen LogP contribution >= 0.6 is 0 Å². The Morgan fingerprint density at radius 2 is 1.61 bits per heavy atom. The second-order valence-electron chi connectivity index (χ2n) is 7.79. The third-order valence-electron chi connectivity index (χ3n) is 4.64. The van der Waals surface area contributed by atoms with E-state index in [2.05, 4.69) is 5.32 Å². The second-order valence-corrected chi connectivity index (χ2v) is 9.65. The van der Waals surface area contributed by atoms with E-state index in [1.165, 1.54) is 4.31 Å². The summed E-state index contributed by atoms with van der Waals surface area (Å²) in [7, 11) is -3.62. The molecule has 1 amide bonds. The van der Waals surface area contributed by atoms with E-state index in [-0.39, 0.29) is 5.91 Å². The van der Waals surface area contributed by atoms with Crippen LogP contribution in [0.4, 0.5) is 5.69 Å². The Balaban J connectivity index is 2.21. The molecule has 2 rings (SSSR count). The van der Waals surface area contributed by atoms with Crippen LogP contribution in [0.5, 0.6) is 0 Å². The summed E-state index contributed by atoms with van der Waals surface area (Å²) in [4.78, 5) is 12.9. The van der Waals surface area contributed by atoms with Crippen LogP contribution in [-0.4, -0.2) is 32.2 Å². The summed E-state index contributed by atoms with van der Waals surface area (Å²) in [6.45, 7) is 7.52. The van der Waals surface area contributed by atoms with Gasteiger partial charge in [-0.2, -0.15) is 0 Å². The van der Waals surface area contributed by atoms with Crippen molar-refractivity contribution in [1.82, 2.24) is 5.32 Å². The monoisotopic (exact) mass is 402 g/mol. The smallest absolute Gasteiger partial charge is 0.244 e. The van der Waals surface area contributed by atoms with Gasteiger partial charge in [-0.25, -0.2) is 8.42 Å². The third-order valence-corrected chi connectivity index (χ3v) is 5.88. The molecule has 0 aliphatic rings. The lowest BCUT2D eigenvalue weighted by atomic mass is 9.94. The number of carbonyl (C=O) groups is 1. The lowest BCUT2D eigenvalue weighted by Crippen LogP contribution is -2.54. The summed E-state index contributed by atoms with van der Waals surface area (Å²) < 4.78 is 26.1. The van der Waals surface area contributed by atoms with Gasteiger partial charge in [-0.15, -0.1) is 0 Å². The molecule has 0 aromatic heterocycles. The summed E-state index contributed by atoms with van der Waals surface area (Å²) in [5.74, 6) is -0.328. The van der Waals surface area contributed by atoms with Gasteiger partial charge in [0.2, 0.25) is 15.9 Å². The fraction of sp³-hybridized carbons (Fsp3) is 0.409. The molecule has 0 fully saturated rings. The zero-order valence-electron chi connectivity index (χ0n) is 17.3. The van der Waals surface area contributed by atoms with E-state index in [9.17, 15) is 13.2 Å². The molecule has 0 radical (unpaired) electrons. The zero-order valence-corrected chi connectivity index (χ0v) is 18.1. The highest BCUT2D eigenvalue weighted by molar-refractivity contribution is 7.92. The number of hydrogen-bond acceptors (Lipinski definition) is 3. The number of benzene rings is 2. The number of nitrogens with one attached hydrogen (secondary N) is 1. The maximum atomic E-state index is 12.9. The van der Waals surface area contributed by atoms with Gasteiger partial charge < -0.3 is 5.32 Å². The van der Waals surface area contributed by atoms with Crippen LogP contribution in [0.1, 0.15) is 38.8 Å². The largest absolute Gasteiger partial charge is 0.349 e. The number of carbonyl (C=O) groups excluding carboxylic acids is 1. The molecular formula is C22H30N2O3S. The van der Waals surface area contributed by atoms with Crippen molar-refractivity contribution in [1.29, 1.82) is 0 Å². The van der Waals surface area contributed by atoms with Crippen molar-refractivity contribution in [2.45, 2.75) is 52.1 Å². The number of sulfonamides is 1. The van der Waals surface area contributed by atoms with Crippen LogP contribution in [0.2, 0.25) is 0 Å². The molecule has 2 aromatic rings. The minimum Gasteiger partial charge on any atom is -0.349 e. The van der Waals surface area contributed by atoms with Gasteiger partial charge in [0.05, 0.1) is 11.9 Å². The van der Waals surface area contributed by atoms with E-state index >= 15 is 0 Å². The van der Waals surface area contributed by atoms with Gasteiger partial charge >= 0.3 is 0 Å². The van der Waals surface area contributed by atoms with E-state index < -0.39 is 21.6 Å². The first-order chi connectivity index (χ1) is 13.0. The maximum absolute atomic E-state index is 12.9. The average molecular weight is 403 g/mol. The molecular weight excluding hydrogens is 372 g/mol. The molecule has 0 aliphatic carbocycles. The van der Waals surface area contributed by atoms with Gasteiger partial charge in [0.25, 0.3) is 0 Å². The lowest BCUT2D eigenvalue weighted by molar-refractivity contribution is -0.123. The summed E-state index contributed by atoms with van der Waals surface area (Å²) in [5.41, 5.74) is 2.19. The van der Waals surface area contributed by atoms with E-state index in [4.69, 9.17) is 0 Å². The SMILES string of the molecule is CCc1ccc(N([C@@H](C)C(=O)NC(C)(C)Cc2ccccc2)S(C)(=O)=O)cc1. The third kappa shape index (κ3) is 5.83. The summed E-state index contributed by atoms with van der Waals surface area (Å²) in [6.07, 6.45) is 2.64. The minimum atomic E-state index is -3.62. The summed E-state index contributed by atoms with van der Waals surface area (Å²) in [5, 5.41) is 3.00. The Bertz CT molecular complexity index is 891. The van der Waals surface area contributed by atoms with Crippen LogP contribution in [0, 0.1) is 0 Å². The minimum absolute atomic E-state index is 0.328. The van der Waals surface area contributed by atoms with Crippen LogP contribution in [0.3, 0.4) is 0 Å². The van der Waals surface area contributed by atoms with Gasteiger partial charge in [0.15, 0.2) is 0 Å². The van der Waals surface area contributed by atoms with Crippen molar-refractivity contribution in [2.24, 2.45) is 0 Å². The average Bonchev–Trinajstić information content (AvgIpc) is 2.61. The van der Waals surface area contributed by atoms with E-state index in [0.29, 0.717) is 12.1 Å². The molecule has 1 atom stereocenters. The van der Waals surface area contributed by atoms with Crippen LogP contribution < -0.4 is 9.62 Å². The molecule has 0 spiro atoms. The number of hydrogen-bond donors (Lipinski definition) is 1. The number of amides is 1. The molecule has 0 saturated carbocycles. The van der Waals surface area contributed by atoms with E-state index in [1.807, 2.05) is 63.2 Å². The first kappa shape index (κ1) is 22.0. The van der Waals surface area contributed by atoms with Crippen LogP contribution in [0.25, 0.3) is 0 Å². The predicted molar refractivity (Wildman–Crippen MR) is 115 cm³/mol. The molecule has 0 unspecified atom stereocenters. The maximum Gasteiger partial charge on any atom is 0.244 e. The molecule has 152 valence electrons. The fourth-order valence-electron chi connectivity index (χ4n) is 3.28. The van der Waals surface area contributed by atoms with E-state index in [1.54, 1.807) is 19.1 Å². The molecule has 28 heavy (non-hydrogen) atoms. The topological polar surface area (TPSA) is 66.5 Å². The van der Waals surface area contributed by atoms with Gasteiger partial charge in [0.1, 0.15) is 6.04 Å². The number of aryl methyl sites for hydroxylation is 1. The van der Waals surface area contributed by atoms with Crippen molar-refractivity contribution < 1.29 is 13.2 Å². The Hall–Kier alpha value is -2.34. The van der Waals surface area contributed by atoms with E-state index in [0.717, 1.165) is 23.8 Å². The summed E-state index contributed by atoms with van der Waals surface area (Å²) in [6, 6.07) is 16.3. The first-order valence-electron chi connectivity index (χ1n) is 9.48. The molecule has 0 heterocycles. The number of nitrogens with zero attached hydrogens (tertiary/aromatic N) is 1. The molecule has 0 aliphatic heterocycles. The van der Waals surface area contributed by atoms with Gasteiger partial charge in [-0.1, -0.05) is 49.4 Å². The Morgan fingerprint density at radius 1 is 1.04 bits per heavy atom. The highest BCUT2D eigenvalue weighted by atomic mass is 32.2. The highest BCUT2D eigenvalue weighted by Gasteiger charge is 2.32. The number of anilines is 1. The molecule has 5 nitrogen and oxygen atoms in total. The number of rotatable bonds is 8. The van der Waals surface area contributed by atoms with Gasteiger partial charge in [-0.05, 0) is 56.9 Å². The Morgan fingerprint density at radius 3 is 2.11 bits per heavy atom. The van der Waals surface area contributed by atoms with Crippen molar-refractivity contribution in [3.05, 3.63) is 65.7 Å². The zero-order chi connectivity index (χ0) is 20.9. The normalized spacial score (nSPS) is 13.0. The quantitative estimate of drug-likeness (QED) is 0.734. The van der Waals surface area contributed by atoms with Crippen LogP contribution in [0.15, 0.2) is 54.6 Å². The predicted octanol–water partition coefficient (Wildman–Crippen LogP) is 3.54. The van der Waals surface area contributed by atoms with Gasteiger partial charge in [-0.3, -0.25) is 9.10 Å². The Kier molecular flexibility index (Phi) is 6.88. The summed E-state index contributed by atoms with van der Waals surface area (Å²) >= 11 is 0.